The summed E-state index contributed by atoms with van der Waals surface area (Å²) in [4.78, 5) is 15.0. The van der Waals surface area contributed by atoms with E-state index in [0.29, 0.717) is 12.4 Å². The van der Waals surface area contributed by atoms with Crippen LogP contribution in [0.15, 0.2) is 36.5 Å². The van der Waals surface area contributed by atoms with E-state index < -0.39 is 5.97 Å². The van der Waals surface area contributed by atoms with Gasteiger partial charge in [-0.1, -0.05) is 6.07 Å². The molecule has 2 rings (SSSR count). The molecule has 0 saturated heterocycles. The number of nitrogens with zero attached hydrogens (tertiary/aromatic N) is 1. The second-order valence-electron chi connectivity index (χ2n) is 4.38. The van der Waals surface area contributed by atoms with Crippen LogP contribution >= 0.6 is 0 Å². The summed E-state index contributed by atoms with van der Waals surface area (Å²) in [6, 6.07) is 8.71. The Labute approximate surface area is 111 Å². The molecule has 0 aliphatic heterocycles. The molecule has 98 valence electrons. The third-order valence-corrected chi connectivity index (χ3v) is 2.79. The van der Waals surface area contributed by atoms with Crippen LogP contribution in [0.4, 0.5) is 0 Å². The normalized spacial score (nSPS) is 10.2. The SMILES string of the molecule is Cc1ccc(COc2ccc(C(=O)O)cc2C)cn1. The number of ether oxygens (including phenoxy) is 1. The van der Waals surface area contributed by atoms with Crippen LogP contribution in [0.5, 0.6) is 5.75 Å². The molecule has 1 aromatic heterocycles. The lowest BCUT2D eigenvalue weighted by molar-refractivity contribution is 0.0696. The predicted octanol–water partition coefficient (Wildman–Crippen LogP) is 2.98. The first-order chi connectivity index (χ1) is 9.06. The van der Waals surface area contributed by atoms with E-state index in [2.05, 4.69) is 4.98 Å². The maximum Gasteiger partial charge on any atom is 0.335 e. The van der Waals surface area contributed by atoms with E-state index in [4.69, 9.17) is 9.84 Å². The highest BCUT2D eigenvalue weighted by molar-refractivity contribution is 5.88. The predicted molar refractivity (Wildman–Crippen MR) is 71.4 cm³/mol. The monoisotopic (exact) mass is 257 g/mol. The lowest BCUT2D eigenvalue weighted by atomic mass is 10.1. The van der Waals surface area contributed by atoms with Crippen molar-refractivity contribution < 1.29 is 14.6 Å². The molecule has 0 fully saturated rings. The number of aromatic carboxylic acids is 1. The topological polar surface area (TPSA) is 59.4 Å². The lowest BCUT2D eigenvalue weighted by Crippen LogP contribution is -2.00. The van der Waals surface area contributed by atoms with Crippen LogP contribution in [0.2, 0.25) is 0 Å². The van der Waals surface area contributed by atoms with Gasteiger partial charge in [-0.25, -0.2) is 4.79 Å². The number of pyridine rings is 1. The summed E-state index contributed by atoms with van der Waals surface area (Å²) >= 11 is 0. The van der Waals surface area contributed by atoms with Crippen molar-refractivity contribution >= 4 is 5.97 Å². The minimum atomic E-state index is -0.933. The summed E-state index contributed by atoms with van der Waals surface area (Å²) in [6.07, 6.45) is 1.77. The number of rotatable bonds is 4. The molecule has 0 unspecified atom stereocenters. The summed E-state index contributed by atoms with van der Waals surface area (Å²) in [5.41, 5.74) is 3.01. The Morgan fingerprint density at radius 2 is 2.05 bits per heavy atom. The number of hydrogen-bond acceptors (Lipinski definition) is 3. The summed E-state index contributed by atoms with van der Waals surface area (Å²) in [5, 5.41) is 8.88. The maximum absolute atomic E-state index is 10.8. The fourth-order valence-corrected chi connectivity index (χ4v) is 1.69. The van der Waals surface area contributed by atoms with Gasteiger partial charge in [0.25, 0.3) is 0 Å². The summed E-state index contributed by atoms with van der Waals surface area (Å²) < 4.78 is 5.66. The van der Waals surface area contributed by atoms with E-state index in [1.54, 1.807) is 18.3 Å². The van der Waals surface area contributed by atoms with Gasteiger partial charge in [0.15, 0.2) is 0 Å². The Morgan fingerprint density at radius 1 is 1.26 bits per heavy atom. The van der Waals surface area contributed by atoms with Gasteiger partial charge in [-0.05, 0) is 43.7 Å². The van der Waals surface area contributed by atoms with E-state index in [-0.39, 0.29) is 5.56 Å². The van der Waals surface area contributed by atoms with E-state index in [0.717, 1.165) is 16.8 Å². The molecule has 2 aromatic rings. The zero-order valence-corrected chi connectivity index (χ0v) is 10.9. The second kappa shape index (κ2) is 5.52. The molecule has 0 amide bonds. The van der Waals surface area contributed by atoms with Gasteiger partial charge in [-0.2, -0.15) is 0 Å². The molecular formula is C15H15NO3. The summed E-state index contributed by atoms with van der Waals surface area (Å²) in [6.45, 7) is 4.18. The van der Waals surface area contributed by atoms with Crippen LogP contribution in [0.25, 0.3) is 0 Å². The smallest absolute Gasteiger partial charge is 0.335 e. The van der Waals surface area contributed by atoms with Crippen molar-refractivity contribution in [2.45, 2.75) is 20.5 Å². The number of carbonyl (C=O) groups is 1. The number of carboxylic acid groups (broad SMARTS) is 1. The van der Waals surface area contributed by atoms with E-state index in [1.807, 2.05) is 26.0 Å². The first kappa shape index (κ1) is 13.1. The average Bonchev–Trinajstić information content (AvgIpc) is 2.39. The summed E-state index contributed by atoms with van der Waals surface area (Å²) in [7, 11) is 0. The highest BCUT2D eigenvalue weighted by Gasteiger charge is 2.06. The molecule has 4 heteroatoms. The van der Waals surface area contributed by atoms with Gasteiger partial charge in [0, 0.05) is 17.5 Å². The lowest BCUT2D eigenvalue weighted by Gasteiger charge is -2.09. The van der Waals surface area contributed by atoms with E-state index in [1.165, 1.54) is 6.07 Å². The van der Waals surface area contributed by atoms with Crippen LogP contribution in [0, 0.1) is 13.8 Å². The molecular weight excluding hydrogens is 242 g/mol. The van der Waals surface area contributed by atoms with Crippen LogP contribution in [0.3, 0.4) is 0 Å². The Kier molecular flexibility index (Phi) is 3.80. The standard InChI is InChI=1S/C15H15NO3/c1-10-7-13(15(17)18)5-6-14(10)19-9-12-4-3-11(2)16-8-12/h3-8H,9H2,1-2H3,(H,17,18). The Hall–Kier alpha value is -2.36. The van der Waals surface area contributed by atoms with Gasteiger partial charge < -0.3 is 9.84 Å². The highest BCUT2D eigenvalue weighted by Crippen LogP contribution is 2.20. The van der Waals surface area contributed by atoms with Crippen molar-refractivity contribution in [3.8, 4) is 5.75 Å². The molecule has 4 nitrogen and oxygen atoms in total. The number of hydrogen-bond donors (Lipinski definition) is 1. The third kappa shape index (κ3) is 3.31. The minimum Gasteiger partial charge on any atom is -0.489 e. The van der Waals surface area contributed by atoms with Gasteiger partial charge >= 0.3 is 5.97 Å². The van der Waals surface area contributed by atoms with E-state index >= 15 is 0 Å². The van der Waals surface area contributed by atoms with Crippen molar-refractivity contribution in [3.63, 3.8) is 0 Å². The van der Waals surface area contributed by atoms with Crippen molar-refractivity contribution in [1.29, 1.82) is 0 Å². The van der Waals surface area contributed by atoms with E-state index in [9.17, 15) is 4.79 Å². The van der Waals surface area contributed by atoms with Crippen LogP contribution in [0.1, 0.15) is 27.2 Å². The zero-order valence-electron chi connectivity index (χ0n) is 10.9. The van der Waals surface area contributed by atoms with Crippen molar-refractivity contribution in [2.24, 2.45) is 0 Å². The molecule has 0 aliphatic rings. The molecule has 0 radical (unpaired) electrons. The fraction of sp³-hybridized carbons (Fsp3) is 0.200. The van der Waals surface area contributed by atoms with Gasteiger partial charge in [0.1, 0.15) is 12.4 Å². The molecule has 0 spiro atoms. The van der Waals surface area contributed by atoms with Gasteiger partial charge in [-0.3, -0.25) is 4.98 Å². The maximum atomic E-state index is 10.8. The molecule has 19 heavy (non-hydrogen) atoms. The third-order valence-electron chi connectivity index (χ3n) is 2.79. The number of aryl methyl sites for hydroxylation is 2. The van der Waals surface area contributed by atoms with Crippen LogP contribution < -0.4 is 4.74 Å². The molecule has 0 saturated carbocycles. The van der Waals surface area contributed by atoms with Crippen LogP contribution in [-0.2, 0) is 6.61 Å². The Bertz CT molecular complexity index is 591. The zero-order chi connectivity index (χ0) is 13.8. The van der Waals surface area contributed by atoms with Crippen molar-refractivity contribution in [2.75, 3.05) is 0 Å². The van der Waals surface area contributed by atoms with Crippen molar-refractivity contribution in [1.82, 2.24) is 4.98 Å². The largest absolute Gasteiger partial charge is 0.489 e. The first-order valence-corrected chi connectivity index (χ1v) is 5.94. The number of aromatic nitrogens is 1. The molecule has 0 aliphatic carbocycles. The van der Waals surface area contributed by atoms with Crippen molar-refractivity contribution in [3.05, 3.63) is 58.9 Å². The quantitative estimate of drug-likeness (QED) is 0.914. The number of carboxylic acids is 1. The molecule has 0 atom stereocenters. The first-order valence-electron chi connectivity index (χ1n) is 5.94. The Morgan fingerprint density at radius 3 is 2.63 bits per heavy atom. The Balaban J connectivity index is 2.07. The van der Waals surface area contributed by atoms with Gasteiger partial charge in [0.05, 0.1) is 5.56 Å². The van der Waals surface area contributed by atoms with Gasteiger partial charge in [-0.15, -0.1) is 0 Å². The minimum absolute atomic E-state index is 0.266. The number of benzene rings is 1. The van der Waals surface area contributed by atoms with Gasteiger partial charge in [0.2, 0.25) is 0 Å². The fourth-order valence-electron chi connectivity index (χ4n) is 1.69. The molecule has 0 bridgehead atoms. The summed E-state index contributed by atoms with van der Waals surface area (Å²) in [5.74, 6) is -0.247. The van der Waals surface area contributed by atoms with Crippen LogP contribution in [-0.4, -0.2) is 16.1 Å². The highest BCUT2D eigenvalue weighted by atomic mass is 16.5. The average molecular weight is 257 g/mol. The molecule has 1 heterocycles. The second-order valence-corrected chi connectivity index (χ2v) is 4.38. The molecule has 1 N–H and O–H groups in total. The molecule has 1 aromatic carbocycles.